The fourth-order valence-corrected chi connectivity index (χ4v) is 3.90. The quantitative estimate of drug-likeness (QED) is 0.725. The van der Waals surface area contributed by atoms with Crippen LogP contribution in [0.25, 0.3) is 17.0 Å². The van der Waals surface area contributed by atoms with Crippen LogP contribution in [-0.4, -0.2) is 32.6 Å². The van der Waals surface area contributed by atoms with Gasteiger partial charge in [0.1, 0.15) is 11.3 Å². The number of aromatic amines is 1. The highest BCUT2D eigenvalue weighted by molar-refractivity contribution is 5.88. The molecule has 0 amide bonds. The van der Waals surface area contributed by atoms with Gasteiger partial charge in [-0.25, -0.2) is 9.78 Å². The predicted octanol–water partition coefficient (Wildman–Crippen LogP) is 3.08. The van der Waals surface area contributed by atoms with Gasteiger partial charge in [-0.1, -0.05) is 20.8 Å². The second-order valence-electron chi connectivity index (χ2n) is 7.95. The van der Waals surface area contributed by atoms with Crippen LogP contribution in [0, 0.1) is 5.41 Å². The van der Waals surface area contributed by atoms with Gasteiger partial charge in [-0.3, -0.25) is 4.79 Å². The monoisotopic (exact) mass is 367 g/mol. The summed E-state index contributed by atoms with van der Waals surface area (Å²) in [4.78, 5) is 31.3. The number of carboxylic acid groups (broad SMARTS) is 1. The summed E-state index contributed by atoms with van der Waals surface area (Å²) in [6, 6.07) is 5.24. The zero-order valence-electron chi connectivity index (χ0n) is 15.7. The molecule has 3 aromatic heterocycles. The van der Waals surface area contributed by atoms with Gasteiger partial charge in [-0.2, -0.15) is 0 Å². The molecule has 0 radical (unpaired) electrons. The largest absolute Gasteiger partial charge is 0.493 e. The highest BCUT2D eigenvalue weighted by atomic mass is 16.5. The number of hydrogen-bond donors (Lipinski definition) is 2. The molecule has 1 aliphatic rings. The fourth-order valence-electron chi connectivity index (χ4n) is 3.90. The first-order valence-electron chi connectivity index (χ1n) is 8.77. The van der Waals surface area contributed by atoms with Gasteiger partial charge in [0.15, 0.2) is 11.4 Å². The van der Waals surface area contributed by atoms with Gasteiger partial charge < -0.3 is 19.2 Å². The first kappa shape index (κ1) is 17.3. The number of carbonyl (C=O) groups is 1. The minimum atomic E-state index is -1.23. The molecule has 0 spiro atoms. The maximum atomic E-state index is 12.3. The Hall–Kier alpha value is -3.09. The number of methoxy groups -OCH3 is 1. The molecule has 3 aromatic rings. The molecule has 0 saturated carbocycles. The van der Waals surface area contributed by atoms with Crippen LogP contribution < -0.4 is 10.3 Å². The molecule has 1 aliphatic carbocycles. The highest BCUT2D eigenvalue weighted by Gasteiger charge is 2.37. The summed E-state index contributed by atoms with van der Waals surface area (Å²) >= 11 is 0. The van der Waals surface area contributed by atoms with Crippen molar-refractivity contribution < 1.29 is 14.6 Å². The number of aromatic nitrogens is 3. The summed E-state index contributed by atoms with van der Waals surface area (Å²) in [6.45, 7) is 6.34. The van der Waals surface area contributed by atoms with Crippen molar-refractivity contribution in [3.05, 3.63) is 51.6 Å². The number of imidazole rings is 1. The lowest BCUT2D eigenvalue weighted by Crippen LogP contribution is -2.29. The van der Waals surface area contributed by atoms with E-state index in [0.717, 1.165) is 11.3 Å². The van der Waals surface area contributed by atoms with Gasteiger partial charge in [0.2, 0.25) is 0 Å². The van der Waals surface area contributed by atoms with E-state index in [9.17, 15) is 14.7 Å². The van der Waals surface area contributed by atoms with E-state index in [1.165, 1.54) is 6.07 Å². The summed E-state index contributed by atoms with van der Waals surface area (Å²) < 4.78 is 7.41. The summed E-state index contributed by atoms with van der Waals surface area (Å²) in [7, 11) is 1.59. The van der Waals surface area contributed by atoms with E-state index in [1.54, 1.807) is 7.11 Å². The molecular formula is C20H21N3O4. The van der Waals surface area contributed by atoms with Crippen LogP contribution in [0.15, 0.2) is 29.2 Å². The third-order valence-corrected chi connectivity index (χ3v) is 5.29. The number of rotatable bonds is 2. The molecular weight excluding hydrogens is 346 g/mol. The summed E-state index contributed by atoms with van der Waals surface area (Å²) in [5, 5.41) is 9.38. The molecule has 7 nitrogen and oxygen atoms in total. The van der Waals surface area contributed by atoms with Crippen LogP contribution in [0.5, 0.6) is 5.75 Å². The number of fused-ring (bicyclic) bond motifs is 5. The minimum Gasteiger partial charge on any atom is -0.493 e. The van der Waals surface area contributed by atoms with Crippen LogP contribution in [0.1, 0.15) is 48.3 Å². The first-order valence-corrected chi connectivity index (χ1v) is 8.77. The molecule has 0 unspecified atom stereocenters. The zero-order valence-corrected chi connectivity index (χ0v) is 15.7. The third-order valence-electron chi connectivity index (χ3n) is 5.29. The third kappa shape index (κ3) is 2.53. The average molecular weight is 367 g/mol. The second-order valence-corrected chi connectivity index (χ2v) is 7.95. The SMILES string of the molecule is COc1cccn2c3c(nc12)-c1[nH]c(=O)c(C(=O)O)cc1[C@@H](C(C)(C)C)C3. The Labute approximate surface area is 155 Å². The van der Waals surface area contributed by atoms with E-state index in [1.807, 2.05) is 22.7 Å². The number of nitrogens with one attached hydrogen (secondary N) is 1. The van der Waals surface area contributed by atoms with Crippen molar-refractivity contribution in [1.82, 2.24) is 14.4 Å². The van der Waals surface area contributed by atoms with Crippen LogP contribution in [0.3, 0.4) is 0 Å². The normalized spacial score (nSPS) is 16.1. The van der Waals surface area contributed by atoms with E-state index < -0.39 is 11.5 Å². The average Bonchev–Trinajstić information content (AvgIpc) is 2.98. The van der Waals surface area contributed by atoms with Gasteiger partial charge >= 0.3 is 5.97 Å². The van der Waals surface area contributed by atoms with Crippen molar-refractivity contribution in [2.24, 2.45) is 5.41 Å². The molecule has 0 saturated heterocycles. The second kappa shape index (κ2) is 5.70. The number of carboxylic acids is 1. The van der Waals surface area contributed by atoms with Gasteiger partial charge in [-0.15, -0.1) is 0 Å². The smallest absolute Gasteiger partial charge is 0.341 e. The van der Waals surface area contributed by atoms with Crippen LogP contribution >= 0.6 is 0 Å². The molecule has 3 heterocycles. The molecule has 0 aliphatic heterocycles. The number of nitrogens with zero attached hydrogens (tertiary/aromatic N) is 2. The van der Waals surface area contributed by atoms with Crippen LogP contribution in [0.4, 0.5) is 0 Å². The number of pyridine rings is 2. The molecule has 4 rings (SSSR count). The first-order chi connectivity index (χ1) is 12.7. The van der Waals surface area contributed by atoms with Gasteiger partial charge in [0, 0.05) is 6.20 Å². The molecule has 1 atom stereocenters. The van der Waals surface area contributed by atoms with Gasteiger partial charge in [0.05, 0.1) is 18.5 Å². The summed E-state index contributed by atoms with van der Waals surface area (Å²) in [5.41, 5.74) is 2.74. The number of hydrogen-bond acceptors (Lipinski definition) is 4. The van der Waals surface area contributed by atoms with Crippen molar-refractivity contribution in [2.75, 3.05) is 7.11 Å². The Bertz CT molecular complexity index is 1130. The molecule has 27 heavy (non-hydrogen) atoms. The number of ether oxygens (including phenoxy) is 1. The Balaban J connectivity index is 2.08. The van der Waals surface area contributed by atoms with Crippen molar-refractivity contribution in [3.63, 3.8) is 0 Å². The lowest BCUT2D eigenvalue weighted by molar-refractivity contribution is 0.0694. The number of aromatic carboxylic acids is 1. The lowest BCUT2D eigenvalue weighted by Gasteiger charge is -2.35. The molecule has 7 heteroatoms. The standard InChI is InChI=1S/C20H21N3O4/c1-20(2,3)12-9-13-16(21-17-14(27-4)6-5-7-23(13)17)15-10(12)8-11(19(25)26)18(24)22-15/h5-8,12H,9H2,1-4H3,(H,22,24)(H,25,26)/t12-/m0/s1. The van der Waals surface area contributed by atoms with E-state index in [2.05, 4.69) is 25.8 Å². The van der Waals surface area contributed by atoms with E-state index in [-0.39, 0.29) is 16.9 Å². The molecule has 0 aromatic carbocycles. The lowest BCUT2D eigenvalue weighted by atomic mass is 9.70. The fraction of sp³-hybridized carbons (Fsp3) is 0.350. The number of H-pyrrole nitrogens is 1. The van der Waals surface area contributed by atoms with E-state index in [4.69, 9.17) is 9.72 Å². The van der Waals surface area contributed by atoms with Crippen LogP contribution in [-0.2, 0) is 6.42 Å². The molecule has 2 N–H and O–H groups in total. The van der Waals surface area contributed by atoms with E-state index in [0.29, 0.717) is 29.2 Å². The molecule has 140 valence electrons. The maximum absolute atomic E-state index is 12.3. The Morgan fingerprint density at radius 2 is 2.15 bits per heavy atom. The summed E-state index contributed by atoms with van der Waals surface area (Å²) in [5.74, 6) is -0.555. The topological polar surface area (TPSA) is 96.7 Å². The van der Waals surface area contributed by atoms with E-state index >= 15 is 0 Å². The molecule has 0 fully saturated rings. The van der Waals surface area contributed by atoms with Crippen molar-refractivity contribution >= 4 is 11.6 Å². The Morgan fingerprint density at radius 3 is 2.78 bits per heavy atom. The van der Waals surface area contributed by atoms with Crippen molar-refractivity contribution in [1.29, 1.82) is 0 Å². The Kier molecular flexibility index (Phi) is 3.66. The predicted molar refractivity (Wildman–Crippen MR) is 101 cm³/mol. The summed E-state index contributed by atoms with van der Waals surface area (Å²) in [6.07, 6.45) is 2.61. The zero-order chi connectivity index (χ0) is 19.5. The van der Waals surface area contributed by atoms with Crippen molar-refractivity contribution in [3.8, 4) is 17.1 Å². The van der Waals surface area contributed by atoms with Gasteiger partial charge in [0.25, 0.3) is 5.56 Å². The molecule has 0 bridgehead atoms. The van der Waals surface area contributed by atoms with Gasteiger partial charge in [-0.05, 0) is 41.5 Å². The van der Waals surface area contributed by atoms with Crippen molar-refractivity contribution in [2.45, 2.75) is 33.1 Å². The highest BCUT2D eigenvalue weighted by Crippen LogP contribution is 2.46. The Morgan fingerprint density at radius 1 is 1.41 bits per heavy atom. The minimum absolute atomic E-state index is 0.0288. The maximum Gasteiger partial charge on any atom is 0.341 e. The van der Waals surface area contributed by atoms with Crippen LogP contribution in [0.2, 0.25) is 0 Å².